The molecule has 4 atom stereocenters. The molecule has 0 unspecified atom stereocenters. The summed E-state index contributed by atoms with van der Waals surface area (Å²) in [5, 5.41) is 12.3. The number of ketones is 1. The highest BCUT2D eigenvalue weighted by molar-refractivity contribution is 6.13. The van der Waals surface area contributed by atoms with Crippen molar-refractivity contribution in [3.8, 4) is 0 Å². The summed E-state index contributed by atoms with van der Waals surface area (Å²) in [5.74, 6) is -0.564. The minimum Gasteiger partial charge on any atom is -0.376 e. The van der Waals surface area contributed by atoms with Crippen LogP contribution in [0.3, 0.4) is 0 Å². The van der Waals surface area contributed by atoms with Gasteiger partial charge in [-0.05, 0) is 77.1 Å². The zero-order valence-electron chi connectivity index (χ0n) is 22.8. The number of carbonyl (C=O) groups excluding carboxylic acids is 4. The van der Waals surface area contributed by atoms with Crippen LogP contribution in [0.1, 0.15) is 70.8 Å². The van der Waals surface area contributed by atoms with Crippen LogP contribution in [0.25, 0.3) is 0 Å². The number of carbonyl (C=O) groups is 4. The molecule has 1 saturated carbocycles. The molecule has 4 N–H and O–H groups in total. The predicted octanol–water partition coefficient (Wildman–Crippen LogP) is 2.62. The maximum atomic E-state index is 13.7. The minimum absolute atomic E-state index is 0.0269. The van der Waals surface area contributed by atoms with Gasteiger partial charge in [-0.1, -0.05) is 31.6 Å². The van der Waals surface area contributed by atoms with Gasteiger partial charge >= 0.3 is 0 Å². The third kappa shape index (κ3) is 5.93. The summed E-state index contributed by atoms with van der Waals surface area (Å²) in [6.45, 7) is 7.82. The molecule has 2 saturated heterocycles. The van der Waals surface area contributed by atoms with Crippen LogP contribution in [0.15, 0.2) is 36.5 Å². The molecular weight excluding hydrogens is 482 g/mol. The average molecular weight is 524 g/mol. The Morgan fingerprint density at radius 3 is 2.55 bits per heavy atom. The second-order valence-corrected chi connectivity index (χ2v) is 11.0. The summed E-state index contributed by atoms with van der Waals surface area (Å²) in [4.78, 5) is 53.3. The van der Waals surface area contributed by atoms with E-state index in [1.54, 1.807) is 6.07 Å². The van der Waals surface area contributed by atoms with Gasteiger partial charge in [0.25, 0.3) is 0 Å². The first-order valence-corrected chi connectivity index (χ1v) is 13.8. The van der Waals surface area contributed by atoms with E-state index in [-0.39, 0.29) is 48.2 Å². The summed E-state index contributed by atoms with van der Waals surface area (Å²) < 4.78 is 0. The Hall–Kier alpha value is -3.20. The Bertz CT molecular complexity index is 1100. The van der Waals surface area contributed by atoms with Crippen LogP contribution in [-0.4, -0.2) is 59.6 Å². The summed E-state index contributed by atoms with van der Waals surface area (Å²) >= 11 is 0. The maximum Gasteiger partial charge on any atom is 0.245 e. The van der Waals surface area contributed by atoms with E-state index >= 15 is 0 Å². The molecule has 38 heavy (non-hydrogen) atoms. The van der Waals surface area contributed by atoms with Gasteiger partial charge in [-0.15, -0.1) is 0 Å². The lowest BCUT2D eigenvalue weighted by atomic mass is 9.98. The monoisotopic (exact) mass is 523 g/mol. The van der Waals surface area contributed by atoms with E-state index in [9.17, 15) is 19.2 Å². The molecule has 9 nitrogen and oxygen atoms in total. The molecule has 0 aromatic heterocycles. The molecular formula is C29H41N5O4. The highest BCUT2D eigenvalue weighted by Crippen LogP contribution is 2.47. The fraction of sp³-hybridized carbons (Fsp3) is 0.586. The molecule has 0 spiro atoms. The zero-order chi connectivity index (χ0) is 27.4. The summed E-state index contributed by atoms with van der Waals surface area (Å²) in [6.07, 6.45) is 6.26. The lowest BCUT2D eigenvalue weighted by Crippen LogP contribution is -2.56. The van der Waals surface area contributed by atoms with Gasteiger partial charge in [-0.2, -0.15) is 0 Å². The van der Waals surface area contributed by atoms with Crippen molar-refractivity contribution in [2.24, 2.45) is 5.41 Å². The van der Waals surface area contributed by atoms with Crippen LogP contribution in [-0.2, 0) is 25.7 Å². The first-order chi connectivity index (χ1) is 18.2. The molecule has 206 valence electrons. The number of hydrogen-bond donors (Lipinski definition) is 4. The molecule has 3 amide bonds. The second kappa shape index (κ2) is 11.7. The molecule has 2 aliphatic heterocycles. The highest BCUT2D eigenvalue weighted by Gasteiger charge is 2.54. The Balaban J connectivity index is 1.39. The van der Waals surface area contributed by atoms with E-state index in [1.807, 2.05) is 37.1 Å². The number of hydrogen-bond acceptors (Lipinski definition) is 6. The molecule has 0 radical (unpaired) electrons. The molecule has 3 aliphatic rings. The van der Waals surface area contributed by atoms with Crippen LogP contribution >= 0.6 is 0 Å². The van der Waals surface area contributed by atoms with Gasteiger partial charge in [0.2, 0.25) is 17.7 Å². The number of benzene rings is 1. The van der Waals surface area contributed by atoms with Crippen molar-refractivity contribution in [3.63, 3.8) is 0 Å². The Labute approximate surface area is 225 Å². The molecule has 2 heterocycles. The number of nitrogens with one attached hydrogen (secondary N) is 4. The normalized spacial score (nSPS) is 24.9. The summed E-state index contributed by atoms with van der Waals surface area (Å²) in [6, 6.07) is 6.48. The van der Waals surface area contributed by atoms with Crippen molar-refractivity contribution in [3.05, 3.63) is 42.1 Å². The average Bonchev–Trinajstić information content (AvgIpc) is 3.62. The molecule has 1 aromatic rings. The van der Waals surface area contributed by atoms with E-state index in [0.29, 0.717) is 24.9 Å². The van der Waals surface area contributed by atoms with E-state index in [2.05, 4.69) is 27.8 Å². The van der Waals surface area contributed by atoms with E-state index in [4.69, 9.17) is 0 Å². The molecule has 1 aromatic carbocycles. The molecule has 3 fully saturated rings. The quantitative estimate of drug-likeness (QED) is 0.350. The van der Waals surface area contributed by atoms with Crippen LogP contribution in [0, 0.1) is 5.41 Å². The van der Waals surface area contributed by atoms with E-state index < -0.39 is 11.5 Å². The van der Waals surface area contributed by atoms with Crippen molar-refractivity contribution in [1.82, 2.24) is 20.9 Å². The third-order valence-corrected chi connectivity index (χ3v) is 8.46. The smallest absolute Gasteiger partial charge is 0.245 e. The largest absolute Gasteiger partial charge is 0.376 e. The molecule has 1 aliphatic carbocycles. The second-order valence-electron chi connectivity index (χ2n) is 11.0. The van der Waals surface area contributed by atoms with Gasteiger partial charge in [0.05, 0.1) is 0 Å². The topological polar surface area (TPSA) is 120 Å². The van der Waals surface area contributed by atoms with Gasteiger partial charge in [0, 0.05) is 30.0 Å². The third-order valence-electron chi connectivity index (χ3n) is 8.46. The number of nitrogens with zero attached hydrogens (tertiary/aromatic N) is 1. The number of amides is 3. The fourth-order valence-corrected chi connectivity index (χ4v) is 5.63. The molecule has 0 bridgehead atoms. The van der Waals surface area contributed by atoms with Crippen LogP contribution < -0.4 is 21.3 Å². The fourth-order valence-electron chi connectivity index (χ4n) is 5.63. The number of likely N-dealkylation sites (N-methyl/N-ethyl adjacent to an activating group) is 1. The standard InChI is InChI=1S/C29H41N5O4/c1-18(30-4)19(2)32-24-11-6-5-10-23-12-13-25(34(23)27(24)37)26(36)31-17-21-8-7-9-22(16-21)33-28(38)29(14-15-29)20(3)35/h7-9,16,18,23-25,30,32H,2,5-6,10-15,17H2,1,3-4H3,(H,31,36)(H,33,38)/t18-,23-,24-,25-/m0/s1. The van der Waals surface area contributed by atoms with Crippen LogP contribution in [0.5, 0.6) is 0 Å². The predicted molar refractivity (Wildman–Crippen MR) is 146 cm³/mol. The Morgan fingerprint density at radius 2 is 1.87 bits per heavy atom. The molecule has 4 rings (SSSR count). The van der Waals surface area contributed by atoms with Crippen molar-refractivity contribution in [2.45, 2.75) is 95.9 Å². The first-order valence-electron chi connectivity index (χ1n) is 13.8. The SMILES string of the molecule is C=C(N[C@H]1CCCC[C@H]2CC[C@@H](C(=O)NCc3cccc(NC(=O)C4(C(C)=O)CC4)c3)N2C1=O)[C@H](C)NC. The summed E-state index contributed by atoms with van der Waals surface area (Å²) in [7, 11) is 1.85. The minimum atomic E-state index is -0.883. The van der Waals surface area contributed by atoms with E-state index in [1.165, 1.54) is 6.92 Å². The number of fused-ring (bicyclic) bond motifs is 1. The lowest BCUT2D eigenvalue weighted by molar-refractivity contribution is -0.142. The number of Topliss-reactive ketones (excluding diaryl/α,β-unsaturated/α-hetero) is 1. The van der Waals surface area contributed by atoms with Crippen LogP contribution in [0.2, 0.25) is 0 Å². The molecule has 9 heteroatoms. The number of rotatable bonds is 10. The lowest BCUT2D eigenvalue weighted by Gasteiger charge is -2.36. The van der Waals surface area contributed by atoms with Crippen molar-refractivity contribution in [2.75, 3.05) is 12.4 Å². The van der Waals surface area contributed by atoms with Gasteiger partial charge < -0.3 is 26.2 Å². The maximum absolute atomic E-state index is 13.7. The zero-order valence-corrected chi connectivity index (χ0v) is 22.8. The van der Waals surface area contributed by atoms with Gasteiger partial charge in [-0.3, -0.25) is 19.2 Å². The Morgan fingerprint density at radius 1 is 1.13 bits per heavy atom. The van der Waals surface area contributed by atoms with Gasteiger partial charge in [0.1, 0.15) is 23.3 Å². The van der Waals surface area contributed by atoms with Crippen molar-refractivity contribution < 1.29 is 19.2 Å². The van der Waals surface area contributed by atoms with Crippen LogP contribution in [0.4, 0.5) is 5.69 Å². The van der Waals surface area contributed by atoms with Crippen molar-refractivity contribution >= 4 is 29.2 Å². The van der Waals surface area contributed by atoms with Gasteiger partial charge in [-0.25, -0.2) is 0 Å². The first kappa shape index (κ1) is 27.8. The van der Waals surface area contributed by atoms with Crippen molar-refractivity contribution in [1.29, 1.82) is 0 Å². The number of anilines is 1. The van der Waals surface area contributed by atoms with E-state index in [0.717, 1.165) is 43.4 Å². The Kier molecular flexibility index (Phi) is 8.55. The highest BCUT2D eigenvalue weighted by atomic mass is 16.2. The van der Waals surface area contributed by atoms with Gasteiger partial charge in [0.15, 0.2) is 0 Å². The summed E-state index contributed by atoms with van der Waals surface area (Å²) in [5.41, 5.74) is 1.31.